The smallest absolute Gasteiger partial charge is 0.337 e. The Kier molecular flexibility index (Phi) is 10.5. The Balaban J connectivity index is 0.0000000974. The van der Waals surface area contributed by atoms with Crippen LogP contribution >= 0.6 is 0 Å². The summed E-state index contributed by atoms with van der Waals surface area (Å²) in [6, 6.07) is 0. The van der Waals surface area contributed by atoms with Crippen molar-refractivity contribution in [3.63, 3.8) is 0 Å². The number of methoxy groups -OCH3 is 4. The van der Waals surface area contributed by atoms with E-state index in [4.69, 9.17) is 61.6 Å². The number of hydrogen-bond acceptors (Lipinski definition) is 17. The largest absolute Gasteiger partial charge is 0.472 e. The van der Waals surface area contributed by atoms with Gasteiger partial charge >= 0.3 is 23.9 Å². The second-order valence-corrected chi connectivity index (χ2v) is 17.3. The molecule has 15 atom stereocenters. The number of allylic oxidation sites excluding steroid dienone is 2. The minimum Gasteiger partial charge on any atom is -0.472 e. The van der Waals surface area contributed by atoms with Gasteiger partial charge in [-0.2, -0.15) is 0 Å². The summed E-state index contributed by atoms with van der Waals surface area (Å²) in [6.45, 7) is 2.63. The fraction of sp³-hybridized carbons (Fsp3) is 0.636. The van der Waals surface area contributed by atoms with E-state index in [0.717, 1.165) is 38.7 Å². The van der Waals surface area contributed by atoms with Gasteiger partial charge in [-0.05, 0) is 49.2 Å². The van der Waals surface area contributed by atoms with E-state index in [1.807, 2.05) is 0 Å². The van der Waals surface area contributed by atoms with Crippen molar-refractivity contribution in [3.8, 4) is 0 Å². The maximum atomic E-state index is 11.6. The molecule has 0 unspecified atom stereocenters. The van der Waals surface area contributed by atoms with Gasteiger partial charge in [-0.25, -0.2) is 19.2 Å². The number of esters is 4. The highest BCUT2D eigenvalue weighted by Gasteiger charge is 2.76. The highest BCUT2D eigenvalue weighted by molar-refractivity contribution is 5.90. The molecule has 13 rings (SSSR count). The van der Waals surface area contributed by atoms with Crippen molar-refractivity contribution in [2.24, 2.45) is 53.3 Å². The molecule has 0 bridgehead atoms. The number of carbonyl (C=O) groups excluding carboxylic acids is 4. The van der Waals surface area contributed by atoms with Crippen LogP contribution in [0, 0.1) is 53.3 Å². The van der Waals surface area contributed by atoms with Crippen molar-refractivity contribution < 1.29 is 80.8 Å². The van der Waals surface area contributed by atoms with Crippen molar-refractivity contribution in [2.75, 3.05) is 54.9 Å². The number of ether oxygens (including phenoxy) is 13. The first-order valence-corrected chi connectivity index (χ1v) is 21.0. The summed E-state index contributed by atoms with van der Waals surface area (Å²) in [4.78, 5) is 46.2. The van der Waals surface area contributed by atoms with E-state index in [2.05, 4.69) is 12.2 Å². The molecular formula is C44H50O17. The lowest BCUT2D eigenvalue weighted by Gasteiger charge is -2.30. The Morgan fingerprint density at radius 2 is 1.07 bits per heavy atom. The summed E-state index contributed by atoms with van der Waals surface area (Å²) in [7, 11) is 5.59. The van der Waals surface area contributed by atoms with E-state index in [0.29, 0.717) is 53.9 Å². The zero-order valence-electron chi connectivity index (χ0n) is 34.4. The third kappa shape index (κ3) is 6.60. The van der Waals surface area contributed by atoms with Gasteiger partial charge in [-0.1, -0.05) is 12.2 Å². The zero-order valence-corrected chi connectivity index (χ0v) is 34.4. The molecule has 4 aliphatic carbocycles. The molecule has 328 valence electrons. The van der Waals surface area contributed by atoms with Crippen LogP contribution in [0.1, 0.15) is 32.1 Å². The molecule has 0 aromatic rings. The van der Waals surface area contributed by atoms with Crippen LogP contribution in [0.15, 0.2) is 70.6 Å². The molecule has 17 nitrogen and oxygen atoms in total. The molecule has 0 radical (unpaired) electrons. The highest BCUT2D eigenvalue weighted by atomic mass is 16.7. The van der Waals surface area contributed by atoms with Crippen molar-refractivity contribution in [3.05, 3.63) is 70.6 Å². The number of hydrogen-bond donors (Lipinski definition) is 0. The minimum absolute atomic E-state index is 0.129. The molecule has 9 aliphatic heterocycles. The lowest BCUT2D eigenvalue weighted by Crippen LogP contribution is -2.36. The lowest BCUT2D eigenvalue weighted by molar-refractivity contribution is -0.143. The summed E-state index contributed by atoms with van der Waals surface area (Å²) in [6.07, 6.45) is 14.7. The molecule has 0 aromatic heterocycles. The average molecular weight is 851 g/mol. The second kappa shape index (κ2) is 15.9. The van der Waals surface area contributed by atoms with E-state index in [-0.39, 0.29) is 102 Å². The Bertz CT molecular complexity index is 1920. The van der Waals surface area contributed by atoms with Gasteiger partial charge in [-0.15, -0.1) is 0 Å². The van der Waals surface area contributed by atoms with Gasteiger partial charge in [0, 0.05) is 29.6 Å². The first kappa shape index (κ1) is 40.4. The van der Waals surface area contributed by atoms with Gasteiger partial charge in [0.15, 0.2) is 0 Å². The first-order valence-electron chi connectivity index (χ1n) is 21.0. The fourth-order valence-corrected chi connectivity index (χ4v) is 11.7. The van der Waals surface area contributed by atoms with Gasteiger partial charge in [0.05, 0.1) is 126 Å². The van der Waals surface area contributed by atoms with Gasteiger partial charge in [0.2, 0.25) is 25.2 Å². The van der Waals surface area contributed by atoms with Crippen LogP contribution < -0.4 is 0 Å². The van der Waals surface area contributed by atoms with Crippen LogP contribution in [0.3, 0.4) is 0 Å². The standard InChI is InChI=1S/C11H12O5.C11H14O4.2C11H12O4/c1-13-9(12)6-3-14-10-8-5(6)2-7-11(8,16-7)4-15-10;3*1-13-10(12)8-5-15-11-9-6(4-14-11)2-3-7(8)9/h3,5,7-8,10H,2,4H2,1H3;5-7,9,11H,2-4H2,1H3;2*2,5,7,9,11H,3-4H2,1H3/t5-,7+,8-,10-,11+;6-,7+,9+,11-;2*7-,9-,11+/m1011/s1. The fourth-order valence-electron chi connectivity index (χ4n) is 11.7. The Morgan fingerprint density at radius 1 is 0.574 bits per heavy atom. The number of rotatable bonds is 4. The molecular weight excluding hydrogens is 800 g/mol. The van der Waals surface area contributed by atoms with E-state index in [1.54, 1.807) is 0 Å². The summed E-state index contributed by atoms with van der Waals surface area (Å²) in [5.41, 5.74) is 4.95. The van der Waals surface area contributed by atoms with E-state index < -0.39 is 0 Å². The Morgan fingerprint density at radius 3 is 1.61 bits per heavy atom. The molecule has 7 fully saturated rings. The van der Waals surface area contributed by atoms with Crippen LogP contribution in [-0.4, -0.2) is 116 Å². The van der Waals surface area contributed by atoms with Crippen molar-refractivity contribution in [1.29, 1.82) is 0 Å². The van der Waals surface area contributed by atoms with Crippen molar-refractivity contribution in [2.45, 2.75) is 69.0 Å². The molecule has 9 heterocycles. The van der Waals surface area contributed by atoms with Crippen LogP contribution in [0.4, 0.5) is 0 Å². The molecule has 2 saturated carbocycles. The van der Waals surface area contributed by atoms with Crippen LogP contribution in [0.5, 0.6) is 0 Å². The summed E-state index contributed by atoms with van der Waals surface area (Å²) < 4.78 is 68.4. The van der Waals surface area contributed by atoms with Crippen molar-refractivity contribution in [1.82, 2.24) is 0 Å². The third-order valence-corrected chi connectivity index (χ3v) is 14.7. The Hall–Kier alpha value is -4.68. The maximum absolute atomic E-state index is 11.6. The monoisotopic (exact) mass is 850 g/mol. The van der Waals surface area contributed by atoms with E-state index >= 15 is 0 Å². The predicted octanol–water partition coefficient (Wildman–Crippen LogP) is 3.26. The van der Waals surface area contributed by atoms with Crippen LogP contribution in [-0.2, 0) is 80.8 Å². The second-order valence-electron chi connectivity index (χ2n) is 17.3. The normalized spacial score (nSPS) is 41.6. The van der Waals surface area contributed by atoms with E-state index in [9.17, 15) is 19.2 Å². The molecule has 0 amide bonds. The molecule has 61 heavy (non-hydrogen) atoms. The molecule has 0 N–H and O–H groups in total. The minimum atomic E-state index is -0.299. The Labute approximate surface area is 351 Å². The first-order chi connectivity index (χ1) is 29.7. The van der Waals surface area contributed by atoms with Crippen molar-refractivity contribution >= 4 is 23.9 Å². The average Bonchev–Trinajstić information content (AvgIpc) is 4.12. The molecule has 1 spiro atoms. The molecule has 5 saturated heterocycles. The summed E-state index contributed by atoms with van der Waals surface area (Å²) in [5.74, 6) is 1.23. The van der Waals surface area contributed by atoms with Gasteiger partial charge in [0.25, 0.3) is 0 Å². The predicted molar refractivity (Wildman–Crippen MR) is 202 cm³/mol. The quantitative estimate of drug-likeness (QED) is 0.173. The lowest BCUT2D eigenvalue weighted by atomic mass is 9.83. The van der Waals surface area contributed by atoms with Crippen LogP contribution in [0.2, 0.25) is 0 Å². The van der Waals surface area contributed by atoms with E-state index in [1.165, 1.54) is 64.6 Å². The third-order valence-electron chi connectivity index (χ3n) is 14.7. The summed E-state index contributed by atoms with van der Waals surface area (Å²) in [5, 5.41) is 0. The SMILES string of the molecule is COC(=O)C1=CO[C@@H]2OCC3=CC[C@H]1[C@@H]32.COC(=O)C1=CO[C@@H]2OCC3=CC[C@H]1[C@@H]32.COC(=O)C1=CO[C@@H]2OC[C@@H]3CC[C@H]1[C@@H]32.COC(=O)C1=CO[C@@H]2OC[C@]34O[C@H]3C[C@H]1[C@H]24. The maximum Gasteiger partial charge on any atom is 0.337 e. The molecule has 0 aromatic carbocycles. The van der Waals surface area contributed by atoms with Gasteiger partial charge in [0.1, 0.15) is 5.60 Å². The van der Waals surface area contributed by atoms with Gasteiger partial charge < -0.3 is 61.6 Å². The van der Waals surface area contributed by atoms with Gasteiger partial charge in [-0.3, -0.25) is 0 Å². The van der Waals surface area contributed by atoms with Crippen LogP contribution in [0.25, 0.3) is 0 Å². The summed E-state index contributed by atoms with van der Waals surface area (Å²) >= 11 is 0. The number of epoxide rings is 1. The topological polar surface area (TPSA) is 192 Å². The highest BCUT2D eigenvalue weighted by Crippen LogP contribution is 2.64. The number of carbonyl (C=O) groups is 4. The molecule has 17 heteroatoms. The zero-order chi connectivity index (χ0) is 42.2. The molecule has 13 aliphatic rings.